The van der Waals surface area contributed by atoms with Crippen molar-refractivity contribution in [3.05, 3.63) is 35.2 Å². The first-order chi connectivity index (χ1) is 8.08. The van der Waals surface area contributed by atoms with Crippen molar-refractivity contribution in [1.29, 1.82) is 0 Å². The Balaban J connectivity index is 2.06. The smallest absolute Gasteiger partial charge is 0.149 e. The molecule has 0 fully saturated rings. The third-order valence-electron chi connectivity index (χ3n) is 2.93. The summed E-state index contributed by atoms with van der Waals surface area (Å²) in [4.78, 5) is 15.8. The number of halogens is 1. The lowest BCUT2D eigenvalue weighted by Crippen LogP contribution is -2.26. The molecule has 4 heteroatoms. The van der Waals surface area contributed by atoms with Gasteiger partial charge in [0.15, 0.2) is 0 Å². The van der Waals surface area contributed by atoms with Crippen molar-refractivity contribution in [2.45, 2.75) is 32.2 Å². The number of pyridine rings is 1. The molecule has 0 aliphatic heterocycles. The molecule has 90 valence electrons. The van der Waals surface area contributed by atoms with Crippen molar-refractivity contribution in [1.82, 2.24) is 4.98 Å². The Morgan fingerprint density at radius 1 is 1.65 bits per heavy atom. The molecule has 0 saturated heterocycles. The lowest BCUT2D eigenvalue weighted by Gasteiger charge is -2.06. The first kappa shape index (κ1) is 12.3. The van der Waals surface area contributed by atoms with Crippen LogP contribution in [0.3, 0.4) is 0 Å². The number of carbonyl (C=O) groups is 1. The van der Waals surface area contributed by atoms with E-state index in [0.717, 1.165) is 28.3 Å². The van der Waals surface area contributed by atoms with Crippen LogP contribution in [0.5, 0.6) is 0 Å². The highest BCUT2D eigenvalue weighted by atomic mass is 35.5. The van der Waals surface area contributed by atoms with E-state index in [1.54, 1.807) is 6.92 Å². The van der Waals surface area contributed by atoms with Crippen molar-refractivity contribution in [2.75, 3.05) is 0 Å². The second-order valence-electron chi connectivity index (χ2n) is 4.35. The van der Waals surface area contributed by atoms with Crippen LogP contribution in [0.1, 0.15) is 30.2 Å². The van der Waals surface area contributed by atoms with Crippen molar-refractivity contribution in [3.63, 3.8) is 0 Å². The van der Waals surface area contributed by atoms with Gasteiger partial charge < -0.3 is 5.73 Å². The summed E-state index contributed by atoms with van der Waals surface area (Å²) in [5, 5.41) is 0.757. The number of allylic oxidation sites excluding steroid dienone is 1. The van der Waals surface area contributed by atoms with Crippen molar-refractivity contribution >= 4 is 22.4 Å². The minimum absolute atomic E-state index is 0.0761. The fraction of sp³-hybridized carbons (Fsp3) is 0.385. The van der Waals surface area contributed by atoms with Gasteiger partial charge in [-0.3, -0.25) is 9.78 Å². The van der Waals surface area contributed by atoms with Gasteiger partial charge >= 0.3 is 0 Å². The number of aromatic nitrogens is 1. The molecule has 2 rings (SSSR count). The molecule has 1 aromatic rings. The Kier molecular flexibility index (Phi) is 3.60. The molecule has 1 aromatic heterocycles. The van der Waals surface area contributed by atoms with E-state index < -0.39 is 0 Å². The lowest BCUT2D eigenvalue weighted by atomic mass is 10.0. The van der Waals surface area contributed by atoms with Gasteiger partial charge in [-0.25, -0.2) is 0 Å². The van der Waals surface area contributed by atoms with Gasteiger partial charge in [-0.1, -0.05) is 17.7 Å². The largest absolute Gasteiger partial charge is 0.322 e. The standard InChI is InChI=1S/C13H15ClN2O/c1-8(15)13(17)5-2-9-6-10-11(14)3-4-12(10)16-7-9/h3,6-8H,2,4-5,15H2,1H3/t8-/m0/s1. The van der Waals surface area contributed by atoms with Crippen LogP contribution < -0.4 is 5.73 Å². The normalized spacial score (nSPS) is 15.4. The first-order valence-electron chi connectivity index (χ1n) is 5.70. The van der Waals surface area contributed by atoms with E-state index in [0.29, 0.717) is 12.8 Å². The van der Waals surface area contributed by atoms with Crippen LogP contribution in [0.15, 0.2) is 18.3 Å². The number of nitrogens with zero attached hydrogens (tertiary/aromatic N) is 1. The highest BCUT2D eigenvalue weighted by Gasteiger charge is 2.14. The highest BCUT2D eigenvalue weighted by Crippen LogP contribution is 2.29. The molecule has 0 spiro atoms. The van der Waals surface area contributed by atoms with Gasteiger partial charge in [0.25, 0.3) is 0 Å². The summed E-state index contributed by atoms with van der Waals surface area (Å²) in [5.74, 6) is 0.0761. The SMILES string of the molecule is C[C@H](N)C(=O)CCc1cnc2c(c1)C(Cl)=CC2. The monoisotopic (exact) mass is 250 g/mol. The minimum Gasteiger partial charge on any atom is -0.322 e. The van der Waals surface area contributed by atoms with Gasteiger partial charge in [-0.2, -0.15) is 0 Å². The molecule has 1 heterocycles. The van der Waals surface area contributed by atoms with E-state index in [1.807, 2.05) is 18.3 Å². The van der Waals surface area contributed by atoms with Crippen LogP contribution in [0, 0.1) is 0 Å². The number of carbonyl (C=O) groups excluding carboxylic acids is 1. The van der Waals surface area contributed by atoms with Gasteiger partial charge in [-0.15, -0.1) is 0 Å². The molecule has 3 nitrogen and oxygen atoms in total. The van der Waals surface area contributed by atoms with Crippen LogP contribution in [0.2, 0.25) is 0 Å². The van der Waals surface area contributed by atoms with Crippen LogP contribution in [0.25, 0.3) is 5.03 Å². The number of fused-ring (bicyclic) bond motifs is 1. The van der Waals surface area contributed by atoms with Crippen molar-refractivity contribution < 1.29 is 4.79 Å². The molecule has 0 unspecified atom stereocenters. The van der Waals surface area contributed by atoms with Crippen LogP contribution >= 0.6 is 11.6 Å². The Bertz CT molecular complexity index is 480. The quantitative estimate of drug-likeness (QED) is 0.890. The van der Waals surface area contributed by atoms with E-state index in [-0.39, 0.29) is 11.8 Å². The van der Waals surface area contributed by atoms with E-state index in [1.165, 1.54) is 0 Å². The predicted octanol–water partition coefficient (Wildman–Crippen LogP) is 2.07. The highest BCUT2D eigenvalue weighted by molar-refractivity contribution is 6.49. The van der Waals surface area contributed by atoms with Gasteiger partial charge in [0, 0.05) is 29.6 Å². The summed E-state index contributed by atoms with van der Waals surface area (Å²) in [6.45, 7) is 1.71. The third kappa shape index (κ3) is 2.73. The number of hydrogen-bond acceptors (Lipinski definition) is 3. The maximum atomic E-state index is 11.4. The number of Topliss-reactive ketones (excluding diaryl/α,β-unsaturated/α-hetero) is 1. The van der Waals surface area contributed by atoms with Gasteiger partial charge in [0.2, 0.25) is 0 Å². The fourth-order valence-electron chi connectivity index (χ4n) is 1.83. The lowest BCUT2D eigenvalue weighted by molar-refractivity contribution is -0.119. The van der Waals surface area contributed by atoms with Crippen LogP contribution in [0.4, 0.5) is 0 Å². The third-order valence-corrected chi connectivity index (χ3v) is 3.28. The molecule has 0 amide bonds. The second-order valence-corrected chi connectivity index (χ2v) is 4.76. The van der Waals surface area contributed by atoms with Gasteiger partial charge in [0.1, 0.15) is 5.78 Å². The van der Waals surface area contributed by atoms with E-state index in [9.17, 15) is 4.79 Å². The van der Waals surface area contributed by atoms with Crippen molar-refractivity contribution in [2.24, 2.45) is 5.73 Å². The number of nitrogens with two attached hydrogens (primary N) is 1. The second kappa shape index (κ2) is 4.98. The molecule has 0 bridgehead atoms. The van der Waals surface area contributed by atoms with E-state index in [4.69, 9.17) is 17.3 Å². The molecule has 0 aromatic carbocycles. The molecular weight excluding hydrogens is 236 g/mol. The summed E-state index contributed by atoms with van der Waals surface area (Å²) in [6, 6.07) is 1.63. The Labute approximate surface area is 106 Å². The summed E-state index contributed by atoms with van der Waals surface area (Å²) in [5.41, 5.74) is 8.56. The molecule has 1 aliphatic rings. The zero-order chi connectivity index (χ0) is 12.4. The molecule has 0 saturated carbocycles. The fourth-order valence-corrected chi connectivity index (χ4v) is 2.07. The number of aryl methyl sites for hydroxylation is 1. The Morgan fingerprint density at radius 3 is 3.12 bits per heavy atom. The zero-order valence-electron chi connectivity index (χ0n) is 9.74. The number of ketones is 1. The Morgan fingerprint density at radius 2 is 2.41 bits per heavy atom. The topological polar surface area (TPSA) is 56.0 Å². The summed E-state index contributed by atoms with van der Waals surface area (Å²) >= 11 is 6.06. The average Bonchev–Trinajstić information content (AvgIpc) is 2.68. The Hall–Kier alpha value is -1.19. The number of rotatable bonds is 4. The number of hydrogen-bond donors (Lipinski definition) is 1. The maximum absolute atomic E-state index is 11.4. The molecule has 1 atom stereocenters. The molecular formula is C13H15ClN2O. The molecule has 2 N–H and O–H groups in total. The minimum atomic E-state index is -0.388. The molecule has 0 radical (unpaired) electrons. The zero-order valence-corrected chi connectivity index (χ0v) is 10.5. The van der Waals surface area contributed by atoms with Gasteiger partial charge in [0.05, 0.1) is 11.7 Å². The summed E-state index contributed by atoms with van der Waals surface area (Å²) in [7, 11) is 0. The van der Waals surface area contributed by atoms with Gasteiger partial charge in [-0.05, 0) is 25.0 Å². The van der Waals surface area contributed by atoms with Crippen LogP contribution in [-0.4, -0.2) is 16.8 Å². The summed E-state index contributed by atoms with van der Waals surface area (Å²) in [6.07, 6.45) is 5.70. The van der Waals surface area contributed by atoms with Crippen LogP contribution in [-0.2, 0) is 17.6 Å². The molecule has 17 heavy (non-hydrogen) atoms. The van der Waals surface area contributed by atoms with E-state index in [2.05, 4.69) is 4.98 Å². The average molecular weight is 251 g/mol. The molecule has 1 aliphatic carbocycles. The summed E-state index contributed by atoms with van der Waals surface area (Å²) < 4.78 is 0. The van der Waals surface area contributed by atoms with E-state index >= 15 is 0 Å². The first-order valence-corrected chi connectivity index (χ1v) is 6.08. The van der Waals surface area contributed by atoms with Crippen molar-refractivity contribution in [3.8, 4) is 0 Å². The predicted molar refractivity (Wildman–Crippen MR) is 68.7 cm³/mol. The maximum Gasteiger partial charge on any atom is 0.149 e.